The van der Waals surface area contributed by atoms with E-state index in [2.05, 4.69) is 23.2 Å². The van der Waals surface area contributed by atoms with Crippen molar-refractivity contribution in [3.05, 3.63) is 22.7 Å². The first-order chi connectivity index (χ1) is 12.6. The number of piperidine rings is 1. The first kappa shape index (κ1) is 19.8. The van der Waals surface area contributed by atoms with E-state index in [1.807, 2.05) is 13.0 Å². The third-order valence-corrected chi connectivity index (χ3v) is 6.34. The SMILES string of the molecule is CCCO[C@H]1CC[C@H](N2CCC(Nc3cc(C)c(Cl)cc3N)CC2)CC1. The minimum atomic E-state index is 0.498. The molecule has 1 aromatic rings. The Morgan fingerprint density at radius 2 is 1.85 bits per heavy atom. The summed E-state index contributed by atoms with van der Waals surface area (Å²) in [4.78, 5) is 2.70. The quantitative estimate of drug-likeness (QED) is 0.694. The highest BCUT2D eigenvalue weighted by Crippen LogP contribution is 2.30. The number of nitrogens with one attached hydrogen (secondary N) is 1. The lowest BCUT2D eigenvalue weighted by Crippen LogP contribution is -2.46. The number of nitrogen functional groups attached to an aromatic ring is 1. The summed E-state index contributed by atoms with van der Waals surface area (Å²) in [6.45, 7) is 7.48. The number of nitrogens with zero attached hydrogens (tertiary/aromatic N) is 1. The molecule has 1 heterocycles. The van der Waals surface area contributed by atoms with Crippen molar-refractivity contribution < 1.29 is 4.74 Å². The van der Waals surface area contributed by atoms with Crippen LogP contribution in [0.2, 0.25) is 5.02 Å². The van der Waals surface area contributed by atoms with Crippen LogP contribution in [0.3, 0.4) is 0 Å². The Balaban J connectivity index is 1.44. The van der Waals surface area contributed by atoms with Crippen molar-refractivity contribution in [3.63, 3.8) is 0 Å². The Hall–Kier alpha value is -0.970. The monoisotopic (exact) mass is 379 g/mol. The molecule has 0 bridgehead atoms. The predicted octanol–water partition coefficient (Wildman–Crippen LogP) is 4.84. The van der Waals surface area contributed by atoms with E-state index in [0.29, 0.717) is 12.1 Å². The summed E-state index contributed by atoms with van der Waals surface area (Å²) in [5.74, 6) is 0. The molecule has 0 atom stereocenters. The van der Waals surface area contributed by atoms with Gasteiger partial charge in [0.1, 0.15) is 0 Å². The third-order valence-electron chi connectivity index (χ3n) is 5.94. The average Bonchev–Trinajstić information content (AvgIpc) is 2.65. The zero-order valence-corrected chi connectivity index (χ0v) is 17.0. The van der Waals surface area contributed by atoms with E-state index in [0.717, 1.165) is 41.0 Å². The molecule has 1 saturated carbocycles. The summed E-state index contributed by atoms with van der Waals surface area (Å²) in [7, 11) is 0. The smallest absolute Gasteiger partial charge is 0.0579 e. The molecule has 2 fully saturated rings. The van der Waals surface area contributed by atoms with Crippen LogP contribution in [-0.2, 0) is 4.74 Å². The lowest BCUT2D eigenvalue weighted by molar-refractivity contribution is 0.00428. The highest BCUT2D eigenvalue weighted by Gasteiger charge is 2.29. The van der Waals surface area contributed by atoms with Gasteiger partial charge in [-0.15, -0.1) is 0 Å². The van der Waals surface area contributed by atoms with Crippen molar-refractivity contribution in [1.29, 1.82) is 0 Å². The molecule has 26 heavy (non-hydrogen) atoms. The number of hydrogen-bond acceptors (Lipinski definition) is 4. The Labute approximate surface area is 163 Å². The van der Waals surface area contributed by atoms with Crippen LogP contribution in [0.5, 0.6) is 0 Å². The number of benzene rings is 1. The number of nitrogens with two attached hydrogens (primary N) is 1. The lowest BCUT2D eigenvalue weighted by Gasteiger charge is -2.41. The van der Waals surface area contributed by atoms with E-state index < -0.39 is 0 Å². The number of rotatable bonds is 6. The minimum Gasteiger partial charge on any atom is -0.397 e. The van der Waals surface area contributed by atoms with Crippen molar-refractivity contribution in [2.45, 2.75) is 77.0 Å². The highest BCUT2D eigenvalue weighted by molar-refractivity contribution is 6.31. The zero-order chi connectivity index (χ0) is 18.5. The summed E-state index contributed by atoms with van der Waals surface area (Å²) in [6.07, 6.45) is 9.00. The molecule has 5 heteroatoms. The molecule has 1 saturated heterocycles. The van der Waals surface area contributed by atoms with Gasteiger partial charge in [0.15, 0.2) is 0 Å². The van der Waals surface area contributed by atoms with Crippen LogP contribution < -0.4 is 11.1 Å². The Morgan fingerprint density at radius 1 is 1.15 bits per heavy atom. The number of aryl methyl sites for hydroxylation is 1. The maximum atomic E-state index is 6.15. The third kappa shape index (κ3) is 5.05. The number of anilines is 2. The van der Waals surface area contributed by atoms with Gasteiger partial charge in [-0.05, 0) is 69.6 Å². The second-order valence-electron chi connectivity index (χ2n) is 7.94. The Morgan fingerprint density at radius 3 is 2.50 bits per heavy atom. The largest absolute Gasteiger partial charge is 0.397 e. The molecule has 1 aliphatic carbocycles. The number of hydrogen-bond donors (Lipinski definition) is 2. The van der Waals surface area contributed by atoms with E-state index >= 15 is 0 Å². The first-order valence-corrected chi connectivity index (χ1v) is 10.6. The van der Waals surface area contributed by atoms with Gasteiger partial charge in [-0.3, -0.25) is 0 Å². The topological polar surface area (TPSA) is 50.5 Å². The molecule has 0 amide bonds. The molecule has 146 valence electrons. The van der Waals surface area contributed by atoms with E-state index in [1.165, 1.54) is 51.6 Å². The van der Waals surface area contributed by atoms with E-state index in [-0.39, 0.29) is 0 Å². The fourth-order valence-corrected chi connectivity index (χ4v) is 4.48. The molecule has 1 aliphatic heterocycles. The van der Waals surface area contributed by atoms with Gasteiger partial charge in [0.2, 0.25) is 0 Å². The maximum Gasteiger partial charge on any atom is 0.0579 e. The number of ether oxygens (including phenoxy) is 1. The van der Waals surface area contributed by atoms with Gasteiger partial charge in [0.25, 0.3) is 0 Å². The lowest BCUT2D eigenvalue weighted by atomic mass is 9.90. The molecule has 2 aliphatic rings. The summed E-state index contributed by atoms with van der Waals surface area (Å²) in [5.41, 5.74) is 8.97. The molecule has 0 unspecified atom stereocenters. The van der Waals surface area contributed by atoms with Crippen molar-refractivity contribution in [1.82, 2.24) is 4.90 Å². The molecular weight excluding hydrogens is 346 g/mol. The molecule has 3 rings (SSSR count). The molecular formula is C21H34ClN3O. The van der Waals surface area contributed by atoms with E-state index in [9.17, 15) is 0 Å². The van der Waals surface area contributed by atoms with Gasteiger partial charge in [0, 0.05) is 36.8 Å². The van der Waals surface area contributed by atoms with Gasteiger partial charge in [-0.25, -0.2) is 0 Å². The summed E-state index contributed by atoms with van der Waals surface area (Å²) >= 11 is 6.15. The summed E-state index contributed by atoms with van der Waals surface area (Å²) in [6, 6.07) is 5.17. The van der Waals surface area contributed by atoms with Crippen molar-refractivity contribution in [2.75, 3.05) is 30.7 Å². The van der Waals surface area contributed by atoms with Crippen LogP contribution in [0.1, 0.15) is 57.4 Å². The molecule has 1 aromatic carbocycles. The summed E-state index contributed by atoms with van der Waals surface area (Å²) in [5, 5.41) is 4.38. The Kier molecular flexibility index (Phi) is 7.07. The molecule has 0 spiro atoms. The van der Waals surface area contributed by atoms with E-state index in [4.69, 9.17) is 22.1 Å². The van der Waals surface area contributed by atoms with Crippen LogP contribution >= 0.6 is 11.6 Å². The van der Waals surface area contributed by atoms with Gasteiger partial charge in [-0.1, -0.05) is 18.5 Å². The van der Waals surface area contributed by atoms with Gasteiger partial charge in [-0.2, -0.15) is 0 Å². The molecule has 0 aromatic heterocycles. The van der Waals surface area contributed by atoms with Crippen LogP contribution in [0.4, 0.5) is 11.4 Å². The molecule has 4 nitrogen and oxygen atoms in total. The van der Waals surface area contributed by atoms with Crippen LogP contribution in [0.15, 0.2) is 12.1 Å². The second kappa shape index (κ2) is 9.29. The fourth-order valence-electron chi connectivity index (χ4n) is 4.31. The van der Waals surface area contributed by atoms with Crippen LogP contribution in [-0.4, -0.2) is 42.8 Å². The van der Waals surface area contributed by atoms with Crippen molar-refractivity contribution >= 4 is 23.0 Å². The normalized spacial score (nSPS) is 25.3. The van der Waals surface area contributed by atoms with E-state index in [1.54, 1.807) is 0 Å². The summed E-state index contributed by atoms with van der Waals surface area (Å²) < 4.78 is 5.93. The average molecular weight is 380 g/mol. The second-order valence-corrected chi connectivity index (χ2v) is 8.35. The van der Waals surface area contributed by atoms with Crippen LogP contribution in [0, 0.1) is 6.92 Å². The highest BCUT2D eigenvalue weighted by atomic mass is 35.5. The number of likely N-dealkylation sites (tertiary alicyclic amines) is 1. The fraction of sp³-hybridized carbons (Fsp3) is 0.714. The van der Waals surface area contributed by atoms with Gasteiger partial charge < -0.3 is 20.7 Å². The maximum absolute atomic E-state index is 6.15. The standard InChI is InChI=1S/C21H34ClN3O/c1-3-12-26-18-6-4-17(5-7-18)25-10-8-16(9-11-25)24-21-13-15(2)19(22)14-20(21)23/h13-14,16-18,24H,3-12,23H2,1-2H3/t17-,18-. The van der Waals surface area contributed by atoms with Crippen molar-refractivity contribution in [2.24, 2.45) is 0 Å². The first-order valence-electron chi connectivity index (χ1n) is 10.2. The predicted molar refractivity (Wildman–Crippen MR) is 111 cm³/mol. The Bertz CT molecular complexity index is 579. The molecule has 3 N–H and O–H groups in total. The van der Waals surface area contributed by atoms with Gasteiger partial charge in [0.05, 0.1) is 17.5 Å². The molecule has 0 radical (unpaired) electrons. The minimum absolute atomic E-state index is 0.498. The number of halogens is 1. The zero-order valence-electron chi connectivity index (χ0n) is 16.3. The van der Waals surface area contributed by atoms with Gasteiger partial charge >= 0.3 is 0 Å². The van der Waals surface area contributed by atoms with Crippen LogP contribution in [0.25, 0.3) is 0 Å². The van der Waals surface area contributed by atoms with Crippen molar-refractivity contribution in [3.8, 4) is 0 Å².